The third kappa shape index (κ3) is 4.30. The number of nitrogens with one attached hydrogen (secondary N) is 1. The Morgan fingerprint density at radius 1 is 1.03 bits per heavy atom. The van der Waals surface area contributed by atoms with E-state index in [4.69, 9.17) is 5.26 Å². The van der Waals surface area contributed by atoms with E-state index in [-0.39, 0.29) is 5.56 Å². The summed E-state index contributed by atoms with van der Waals surface area (Å²) >= 11 is 0. The normalized spacial score (nSPS) is 14.9. The minimum atomic E-state index is -3.17. The number of hydrogen-bond acceptors (Lipinski definition) is 6. The lowest BCUT2D eigenvalue weighted by Gasteiger charge is -2.34. The zero-order valence-corrected chi connectivity index (χ0v) is 18.6. The summed E-state index contributed by atoms with van der Waals surface area (Å²) in [5.41, 5.74) is 3.08. The van der Waals surface area contributed by atoms with Gasteiger partial charge >= 0.3 is 0 Å². The average Bonchev–Trinajstić information content (AvgIpc) is 3.23. The molecule has 1 aliphatic rings. The first kappa shape index (κ1) is 21.8. The van der Waals surface area contributed by atoms with Gasteiger partial charge in [0.25, 0.3) is 0 Å². The molecule has 10 heteroatoms. The molecule has 0 spiro atoms. The number of halogens is 1. The number of benzene rings is 2. The SMILES string of the molecule is CNc1cc(-c2ccc(C#N)c(F)c2)n(-c2ccc(N3CCN(S(C)(=O)=O)CC3)cc2)n1. The zero-order valence-electron chi connectivity index (χ0n) is 17.8. The molecular formula is C22H23FN6O2S. The first-order chi connectivity index (χ1) is 15.3. The standard InChI is InChI=1S/C22H23FN6O2S/c1-25-22-14-21(16-3-4-17(15-24)20(23)13-16)29(26-22)19-7-5-18(6-8-19)27-9-11-28(12-10-27)32(2,30)31/h3-8,13-14H,9-12H2,1-2H3,(H,25,26). The van der Waals surface area contributed by atoms with Gasteiger partial charge in [-0.1, -0.05) is 6.07 Å². The highest BCUT2D eigenvalue weighted by atomic mass is 32.2. The highest BCUT2D eigenvalue weighted by Gasteiger charge is 2.23. The maximum Gasteiger partial charge on any atom is 0.211 e. The highest BCUT2D eigenvalue weighted by Crippen LogP contribution is 2.28. The molecule has 0 aliphatic carbocycles. The van der Waals surface area contributed by atoms with Crippen LogP contribution in [-0.2, 0) is 10.0 Å². The lowest BCUT2D eigenvalue weighted by molar-refractivity contribution is 0.388. The number of aromatic nitrogens is 2. The van der Waals surface area contributed by atoms with Crippen LogP contribution in [-0.4, -0.2) is 62.0 Å². The summed E-state index contributed by atoms with van der Waals surface area (Å²) in [5, 5.41) is 16.6. The van der Waals surface area contributed by atoms with Gasteiger partial charge in [0.1, 0.15) is 17.7 Å². The van der Waals surface area contributed by atoms with Crippen molar-refractivity contribution in [3.63, 3.8) is 0 Å². The second kappa shape index (κ2) is 8.61. The summed E-state index contributed by atoms with van der Waals surface area (Å²) in [7, 11) is -1.41. The van der Waals surface area contributed by atoms with Crippen LogP contribution < -0.4 is 10.2 Å². The minimum Gasteiger partial charge on any atom is -0.372 e. The summed E-state index contributed by atoms with van der Waals surface area (Å²) in [4.78, 5) is 2.14. The first-order valence-corrected chi connectivity index (χ1v) is 11.9. The molecule has 0 unspecified atom stereocenters. The van der Waals surface area contributed by atoms with E-state index in [1.165, 1.54) is 22.7 Å². The second-order valence-corrected chi connectivity index (χ2v) is 9.53. The number of nitrogens with zero attached hydrogens (tertiary/aromatic N) is 5. The molecule has 0 radical (unpaired) electrons. The third-order valence-electron chi connectivity index (χ3n) is 5.52. The molecule has 1 saturated heterocycles. The van der Waals surface area contributed by atoms with Gasteiger partial charge in [0.2, 0.25) is 10.0 Å². The smallest absolute Gasteiger partial charge is 0.211 e. The quantitative estimate of drug-likeness (QED) is 0.637. The maximum absolute atomic E-state index is 14.2. The average molecular weight is 455 g/mol. The molecule has 0 bridgehead atoms. The molecule has 2 heterocycles. The number of nitriles is 1. The fourth-order valence-electron chi connectivity index (χ4n) is 3.75. The lowest BCUT2D eigenvalue weighted by Crippen LogP contribution is -2.48. The number of anilines is 2. The van der Waals surface area contributed by atoms with Crippen LogP contribution in [0.1, 0.15) is 5.56 Å². The van der Waals surface area contributed by atoms with Crippen molar-refractivity contribution in [2.45, 2.75) is 0 Å². The Balaban J connectivity index is 1.60. The van der Waals surface area contributed by atoms with Crippen LogP contribution in [0.3, 0.4) is 0 Å². The summed E-state index contributed by atoms with van der Waals surface area (Å²) in [6.45, 7) is 2.15. The van der Waals surface area contributed by atoms with E-state index in [1.54, 1.807) is 17.8 Å². The molecule has 166 valence electrons. The highest BCUT2D eigenvalue weighted by molar-refractivity contribution is 7.88. The molecular weight excluding hydrogens is 431 g/mol. The van der Waals surface area contributed by atoms with Crippen molar-refractivity contribution < 1.29 is 12.8 Å². The number of hydrogen-bond donors (Lipinski definition) is 1. The van der Waals surface area contributed by atoms with Crippen LogP contribution in [0.15, 0.2) is 48.5 Å². The molecule has 32 heavy (non-hydrogen) atoms. The Morgan fingerprint density at radius 2 is 1.69 bits per heavy atom. The van der Waals surface area contributed by atoms with E-state index >= 15 is 0 Å². The maximum atomic E-state index is 14.2. The molecule has 1 aromatic heterocycles. The fourth-order valence-corrected chi connectivity index (χ4v) is 4.58. The summed E-state index contributed by atoms with van der Waals surface area (Å²) in [5.74, 6) is 0.0538. The fraction of sp³-hybridized carbons (Fsp3) is 0.273. The van der Waals surface area contributed by atoms with Crippen LogP contribution in [0.5, 0.6) is 0 Å². The van der Waals surface area contributed by atoms with E-state index < -0.39 is 15.8 Å². The van der Waals surface area contributed by atoms with Crippen LogP contribution in [0, 0.1) is 17.1 Å². The van der Waals surface area contributed by atoms with Crippen LogP contribution in [0.4, 0.5) is 15.9 Å². The van der Waals surface area contributed by atoms with Crippen molar-refractivity contribution in [1.82, 2.24) is 14.1 Å². The predicted molar refractivity (Wildman–Crippen MR) is 122 cm³/mol. The molecule has 1 fully saturated rings. The zero-order chi connectivity index (χ0) is 22.9. The Hall–Kier alpha value is -3.42. The van der Waals surface area contributed by atoms with E-state index in [0.717, 1.165) is 11.4 Å². The van der Waals surface area contributed by atoms with Gasteiger partial charge in [0, 0.05) is 50.5 Å². The Bertz CT molecular complexity index is 1270. The van der Waals surface area contributed by atoms with Crippen LogP contribution in [0.2, 0.25) is 0 Å². The molecule has 4 rings (SSSR count). The van der Waals surface area contributed by atoms with E-state index in [0.29, 0.717) is 43.3 Å². The monoisotopic (exact) mass is 454 g/mol. The van der Waals surface area contributed by atoms with Gasteiger partial charge < -0.3 is 10.2 Å². The predicted octanol–water partition coefficient (Wildman–Crippen LogP) is 2.67. The van der Waals surface area contributed by atoms with E-state index in [2.05, 4.69) is 15.3 Å². The molecule has 8 nitrogen and oxygen atoms in total. The van der Waals surface area contributed by atoms with Gasteiger partial charge in [-0.25, -0.2) is 17.5 Å². The topological polar surface area (TPSA) is 94.3 Å². The molecule has 1 N–H and O–H groups in total. The minimum absolute atomic E-state index is 0.00558. The van der Waals surface area contributed by atoms with Gasteiger partial charge in [-0.05, 0) is 36.4 Å². The van der Waals surface area contributed by atoms with Crippen LogP contribution >= 0.6 is 0 Å². The summed E-state index contributed by atoms with van der Waals surface area (Å²) in [6.07, 6.45) is 1.23. The Labute approximate surface area is 186 Å². The van der Waals surface area contributed by atoms with Crippen LogP contribution in [0.25, 0.3) is 16.9 Å². The molecule has 2 aromatic carbocycles. The molecule has 1 aliphatic heterocycles. The molecule has 0 saturated carbocycles. The third-order valence-corrected chi connectivity index (χ3v) is 6.82. The number of rotatable bonds is 5. The Kier molecular flexibility index (Phi) is 5.86. The largest absolute Gasteiger partial charge is 0.372 e. The second-order valence-electron chi connectivity index (χ2n) is 7.55. The Morgan fingerprint density at radius 3 is 2.25 bits per heavy atom. The van der Waals surface area contributed by atoms with Crippen molar-refractivity contribution in [1.29, 1.82) is 5.26 Å². The van der Waals surface area contributed by atoms with Crippen molar-refractivity contribution in [3.05, 3.63) is 59.9 Å². The number of piperazine rings is 1. The number of sulfonamides is 1. The van der Waals surface area contributed by atoms with Crippen molar-refractivity contribution in [3.8, 4) is 23.0 Å². The van der Waals surface area contributed by atoms with Gasteiger partial charge in [0.15, 0.2) is 0 Å². The van der Waals surface area contributed by atoms with Gasteiger partial charge in [0.05, 0.1) is 23.2 Å². The molecule has 0 amide bonds. The van der Waals surface area contributed by atoms with Crippen molar-refractivity contribution in [2.24, 2.45) is 0 Å². The summed E-state index contributed by atoms with van der Waals surface area (Å²) < 4.78 is 40.8. The van der Waals surface area contributed by atoms with Crippen molar-refractivity contribution >= 4 is 21.5 Å². The summed E-state index contributed by atoms with van der Waals surface area (Å²) in [6, 6.07) is 15.9. The molecule has 0 atom stereocenters. The first-order valence-electron chi connectivity index (χ1n) is 10.1. The van der Waals surface area contributed by atoms with Gasteiger partial charge in [-0.2, -0.15) is 9.57 Å². The van der Waals surface area contributed by atoms with E-state index in [1.807, 2.05) is 36.4 Å². The van der Waals surface area contributed by atoms with Crippen molar-refractivity contribution in [2.75, 3.05) is 49.7 Å². The molecule has 3 aromatic rings. The lowest BCUT2D eigenvalue weighted by atomic mass is 10.1. The van der Waals surface area contributed by atoms with E-state index in [9.17, 15) is 12.8 Å². The van der Waals surface area contributed by atoms with Gasteiger partial charge in [-0.3, -0.25) is 0 Å². The van der Waals surface area contributed by atoms with Gasteiger partial charge in [-0.15, -0.1) is 5.10 Å².